The molecule has 1 unspecified atom stereocenters. The highest BCUT2D eigenvalue weighted by Crippen LogP contribution is 2.45. The van der Waals surface area contributed by atoms with E-state index in [2.05, 4.69) is 112 Å². The van der Waals surface area contributed by atoms with Gasteiger partial charge in [-0.15, -0.1) is 0 Å². The van der Waals surface area contributed by atoms with Gasteiger partial charge in [-0.1, -0.05) is 61.7 Å². The van der Waals surface area contributed by atoms with Crippen molar-refractivity contribution in [3.63, 3.8) is 0 Å². The first-order chi connectivity index (χ1) is 14.4. The molecule has 2 aromatic carbocycles. The number of nitrogens with zero attached hydrogens (tertiary/aromatic N) is 2. The first-order valence-electron chi connectivity index (χ1n) is 10.4. The van der Waals surface area contributed by atoms with Crippen LogP contribution in [0, 0.1) is 0 Å². The lowest BCUT2D eigenvalue weighted by Crippen LogP contribution is -2.39. The second-order valence-electron chi connectivity index (χ2n) is 7.77. The molecule has 0 aromatic heterocycles. The zero-order valence-corrected chi connectivity index (χ0v) is 18.8. The summed E-state index contributed by atoms with van der Waals surface area (Å²) in [5.41, 5.74) is 9.73. The molecule has 2 heteroatoms. The number of rotatable bonds is 6. The lowest BCUT2D eigenvalue weighted by Gasteiger charge is -2.32. The number of fused-ring (bicyclic) bond motifs is 1. The summed E-state index contributed by atoms with van der Waals surface area (Å²) >= 11 is 0. The van der Waals surface area contributed by atoms with Crippen molar-refractivity contribution in [3.05, 3.63) is 108 Å². The maximum absolute atomic E-state index is 3.97. The summed E-state index contributed by atoms with van der Waals surface area (Å²) in [7, 11) is 2.17. The Morgan fingerprint density at radius 2 is 1.57 bits per heavy atom. The number of benzene rings is 2. The minimum Gasteiger partial charge on any atom is -0.349 e. The van der Waals surface area contributed by atoms with Crippen molar-refractivity contribution < 1.29 is 0 Å². The summed E-state index contributed by atoms with van der Waals surface area (Å²) < 4.78 is 0. The molecular formula is C28H32N2. The molecule has 0 saturated heterocycles. The van der Waals surface area contributed by atoms with E-state index in [1.54, 1.807) is 0 Å². The van der Waals surface area contributed by atoms with Crippen LogP contribution in [0.2, 0.25) is 0 Å². The van der Waals surface area contributed by atoms with E-state index < -0.39 is 0 Å². The van der Waals surface area contributed by atoms with Crippen LogP contribution >= 0.6 is 0 Å². The predicted molar refractivity (Wildman–Crippen MR) is 133 cm³/mol. The predicted octanol–water partition coefficient (Wildman–Crippen LogP) is 7.66. The number of allylic oxidation sites excluding steroid dienone is 7. The van der Waals surface area contributed by atoms with Gasteiger partial charge in [-0.05, 0) is 79.8 Å². The molecule has 0 N–H and O–H groups in total. The van der Waals surface area contributed by atoms with Crippen molar-refractivity contribution in [1.29, 1.82) is 0 Å². The van der Waals surface area contributed by atoms with Gasteiger partial charge in [0, 0.05) is 12.7 Å². The van der Waals surface area contributed by atoms with Crippen molar-refractivity contribution in [2.75, 3.05) is 16.8 Å². The number of hydrogen-bond donors (Lipinski definition) is 0. The Bertz CT molecular complexity index is 1030. The van der Waals surface area contributed by atoms with Crippen molar-refractivity contribution in [2.45, 2.75) is 33.9 Å². The van der Waals surface area contributed by atoms with Crippen LogP contribution in [-0.2, 0) is 0 Å². The van der Waals surface area contributed by atoms with E-state index in [0.29, 0.717) is 0 Å². The zero-order chi connectivity index (χ0) is 21.8. The fraction of sp³-hybridized carbons (Fsp3) is 0.214. The molecule has 1 atom stereocenters. The summed E-state index contributed by atoms with van der Waals surface area (Å²) in [5, 5.41) is 0. The Labute approximate surface area is 181 Å². The molecule has 0 saturated carbocycles. The molecule has 0 amide bonds. The SMILES string of the molecule is C=C/C=C(C)/C(=C(\C)C=C)c1ccc(N2c3ccccc3N(C)C2/C(C)=C/C)cc1. The van der Waals surface area contributed by atoms with Crippen molar-refractivity contribution in [3.8, 4) is 0 Å². The Morgan fingerprint density at radius 3 is 2.13 bits per heavy atom. The van der Waals surface area contributed by atoms with Gasteiger partial charge in [-0.3, -0.25) is 0 Å². The van der Waals surface area contributed by atoms with E-state index in [4.69, 9.17) is 0 Å². The fourth-order valence-corrected chi connectivity index (χ4v) is 4.26. The van der Waals surface area contributed by atoms with Gasteiger partial charge >= 0.3 is 0 Å². The van der Waals surface area contributed by atoms with Crippen LogP contribution in [-0.4, -0.2) is 13.2 Å². The van der Waals surface area contributed by atoms with E-state index in [9.17, 15) is 0 Å². The number of para-hydroxylation sites is 2. The summed E-state index contributed by atoms with van der Waals surface area (Å²) in [6, 6.07) is 17.5. The molecule has 0 fully saturated rings. The first kappa shape index (κ1) is 21.4. The van der Waals surface area contributed by atoms with Gasteiger partial charge in [0.2, 0.25) is 0 Å². The van der Waals surface area contributed by atoms with E-state index in [1.807, 2.05) is 18.2 Å². The Morgan fingerprint density at radius 1 is 0.933 bits per heavy atom. The largest absolute Gasteiger partial charge is 0.349 e. The summed E-state index contributed by atoms with van der Waals surface area (Å²) in [6.45, 7) is 16.4. The second-order valence-corrected chi connectivity index (χ2v) is 7.77. The molecule has 2 aromatic rings. The maximum atomic E-state index is 3.97. The van der Waals surface area contributed by atoms with Crippen LogP contribution in [0.3, 0.4) is 0 Å². The molecule has 1 aliphatic rings. The summed E-state index contributed by atoms with van der Waals surface area (Å²) in [5.74, 6) is 0. The average Bonchev–Trinajstić information content (AvgIpc) is 3.06. The van der Waals surface area contributed by atoms with Crippen LogP contribution < -0.4 is 9.80 Å². The van der Waals surface area contributed by atoms with E-state index in [0.717, 1.165) is 5.57 Å². The molecule has 2 nitrogen and oxygen atoms in total. The summed E-state index contributed by atoms with van der Waals surface area (Å²) in [6.07, 6.45) is 8.17. The minimum atomic E-state index is 0.172. The molecule has 0 spiro atoms. The van der Waals surface area contributed by atoms with Gasteiger partial charge in [0.25, 0.3) is 0 Å². The highest BCUT2D eigenvalue weighted by atomic mass is 15.4. The van der Waals surface area contributed by atoms with Gasteiger partial charge in [-0.2, -0.15) is 0 Å². The quantitative estimate of drug-likeness (QED) is 0.365. The maximum Gasteiger partial charge on any atom is 0.128 e. The van der Waals surface area contributed by atoms with Crippen LogP contribution in [0.4, 0.5) is 17.1 Å². The minimum absolute atomic E-state index is 0.172. The molecular weight excluding hydrogens is 364 g/mol. The van der Waals surface area contributed by atoms with Crippen molar-refractivity contribution in [1.82, 2.24) is 0 Å². The first-order valence-corrected chi connectivity index (χ1v) is 10.4. The van der Waals surface area contributed by atoms with Crippen LogP contribution in [0.15, 0.2) is 103 Å². The van der Waals surface area contributed by atoms with Crippen LogP contribution in [0.5, 0.6) is 0 Å². The molecule has 1 aliphatic heterocycles. The Hall–Kier alpha value is -3.26. The van der Waals surface area contributed by atoms with Gasteiger partial charge in [0.1, 0.15) is 6.17 Å². The normalized spacial score (nSPS) is 17.6. The van der Waals surface area contributed by atoms with Gasteiger partial charge < -0.3 is 9.80 Å². The third-order valence-corrected chi connectivity index (χ3v) is 5.89. The summed E-state index contributed by atoms with van der Waals surface area (Å²) in [4.78, 5) is 4.77. The Balaban J connectivity index is 2.09. The van der Waals surface area contributed by atoms with Crippen LogP contribution in [0.25, 0.3) is 5.57 Å². The van der Waals surface area contributed by atoms with Crippen LogP contribution in [0.1, 0.15) is 33.3 Å². The van der Waals surface area contributed by atoms with E-state index in [-0.39, 0.29) is 6.17 Å². The third kappa shape index (κ3) is 3.78. The number of hydrogen-bond acceptors (Lipinski definition) is 2. The smallest absolute Gasteiger partial charge is 0.128 e. The topological polar surface area (TPSA) is 6.48 Å². The zero-order valence-electron chi connectivity index (χ0n) is 18.8. The van der Waals surface area contributed by atoms with E-state index >= 15 is 0 Å². The van der Waals surface area contributed by atoms with Gasteiger partial charge in [-0.25, -0.2) is 0 Å². The number of likely N-dealkylation sites (N-methyl/N-ethyl adjacent to an activating group) is 1. The fourth-order valence-electron chi connectivity index (χ4n) is 4.26. The Kier molecular flexibility index (Phi) is 6.47. The third-order valence-electron chi connectivity index (χ3n) is 5.89. The molecule has 0 aliphatic carbocycles. The monoisotopic (exact) mass is 396 g/mol. The van der Waals surface area contributed by atoms with Gasteiger partial charge in [0.15, 0.2) is 0 Å². The molecule has 3 rings (SSSR count). The molecule has 154 valence electrons. The average molecular weight is 397 g/mol. The molecule has 0 radical (unpaired) electrons. The molecule has 0 bridgehead atoms. The van der Waals surface area contributed by atoms with Crippen molar-refractivity contribution >= 4 is 22.6 Å². The molecule has 1 heterocycles. The van der Waals surface area contributed by atoms with E-state index in [1.165, 1.54) is 39.3 Å². The highest BCUT2D eigenvalue weighted by molar-refractivity contribution is 5.87. The van der Waals surface area contributed by atoms with Gasteiger partial charge in [0.05, 0.1) is 11.4 Å². The lowest BCUT2D eigenvalue weighted by atomic mass is 9.93. The van der Waals surface area contributed by atoms with Crippen molar-refractivity contribution in [2.24, 2.45) is 0 Å². The highest BCUT2D eigenvalue weighted by Gasteiger charge is 2.35. The lowest BCUT2D eigenvalue weighted by molar-refractivity contribution is 0.757. The second kappa shape index (κ2) is 9.04. The standard InChI is InChI=1S/C28H32N2/c1-8-13-22(6)27(20(4)9-2)23-16-18-24(19-17-23)30-26-15-12-11-14-25(26)29(7)28(30)21(5)10-3/h8-19,28H,1-2H2,3-7H3/b21-10+,22-13+,27-20-. The molecule has 30 heavy (non-hydrogen) atoms. The number of anilines is 3.